The molecule has 0 fully saturated rings. The Morgan fingerprint density at radius 3 is 1.64 bits per heavy atom. The first-order chi connectivity index (χ1) is 24.8. The van der Waals surface area contributed by atoms with Crippen molar-refractivity contribution in [2.45, 2.75) is 0 Å². The normalized spacial score (nSPS) is 11.6. The summed E-state index contributed by atoms with van der Waals surface area (Å²) in [7, 11) is 0. The highest BCUT2D eigenvalue weighted by Crippen LogP contribution is 2.40. The van der Waals surface area contributed by atoms with E-state index in [0.29, 0.717) is 17.5 Å². The molecule has 5 nitrogen and oxygen atoms in total. The molecule has 234 valence electrons. The molecule has 0 atom stereocenters. The number of hydrogen-bond acceptors (Lipinski definition) is 5. The van der Waals surface area contributed by atoms with Gasteiger partial charge in [-0.25, -0.2) is 15.0 Å². The zero-order chi connectivity index (χ0) is 33.0. The van der Waals surface area contributed by atoms with Crippen LogP contribution in [0.3, 0.4) is 0 Å². The Morgan fingerprint density at radius 1 is 0.300 bits per heavy atom. The molecule has 0 aliphatic heterocycles. The number of furan rings is 2. The summed E-state index contributed by atoms with van der Waals surface area (Å²) in [6.07, 6.45) is 0. The van der Waals surface area contributed by atoms with Gasteiger partial charge in [-0.15, -0.1) is 0 Å². The van der Waals surface area contributed by atoms with E-state index in [-0.39, 0.29) is 0 Å². The lowest BCUT2D eigenvalue weighted by atomic mass is 10.0. The standard InChI is InChI=1S/C45H27N3O2/c1-3-12-28(13-4-1)33-19-10-20-35-36-21-11-22-37(42(36)50-41(33)35)45-47-43(29-14-5-2-6-15-29)46-44(48-45)32-17-9-16-30(26-32)31-24-25-40-38(27-31)34-18-7-8-23-39(34)49-40/h1-27H. The highest BCUT2D eigenvalue weighted by molar-refractivity contribution is 6.12. The maximum absolute atomic E-state index is 6.74. The Balaban J connectivity index is 1.15. The second kappa shape index (κ2) is 11.4. The van der Waals surface area contributed by atoms with Crippen LogP contribution in [0, 0.1) is 0 Å². The third kappa shape index (κ3) is 4.67. The second-order valence-corrected chi connectivity index (χ2v) is 12.4. The number of hydrogen-bond donors (Lipinski definition) is 0. The van der Waals surface area contributed by atoms with Gasteiger partial charge in [0.05, 0.1) is 5.56 Å². The number of para-hydroxylation sites is 3. The van der Waals surface area contributed by atoms with Gasteiger partial charge in [-0.3, -0.25) is 0 Å². The Labute approximate surface area is 287 Å². The van der Waals surface area contributed by atoms with Gasteiger partial charge in [0.1, 0.15) is 22.3 Å². The molecule has 0 unspecified atom stereocenters. The number of fused-ring (bicyclic) bond motifs is 6. The van der Waals surface area contributed by atoms with Gasteiger partial charge in [-0.2, -0.15) is 0 Å². The minimum atomic E-state index is 0.552. The van der Waals surface area contributed by atoms with Crippen molar-refractivity contribution in [2.24, 2.45) is 0 Å². The number of nitrogens with zero attached hydrogens (tertiary/aromatic N) is 3. The molecule has 0 aliphatic rings. The van der Waals surface area contributed by atoms with Gasteiger partial charge in [-0.1, -0.05) is 133 Å². The fourth-order valence-corrected chi connectivity index (χ4v) is 6.93. The van der Waals surface area contributed by atoms with Crippen molar-refractivity contribution in [2.75, 3.05) is 0 Å². The van der Waals surface area contributed by atoms with Crippen LogP contribution in [0.2, 0.25) is 0 Å². The predicted octanol–water partition coefficient (Wildman–Crippen LogP) is 12.0. The SMILES string of the molecule is c1ccc(-c2nc(-c3cccc(-c4ccc5oc6ccccc6c5c4)c3)nc(-c3cccc4c3oc3c(-c5ccccc5)cccc34)n2)cc1. The quantitative estimate of drug-likeness (QED) is 0.187. The fraction of sp³-hybridized carbons (Fsp3) is 0. The molecule has 0 aliphatic carbocycles. The zero-order valence-electron chi connectivity index (χ0n) is 26.7. The highest BCUT2D eigenvalue weighted by atomic mass is 16.3. The van der Waals surface area contributed by atoms with E-state index < -0.39 is 0 Å². The molecule has 0 bridgehead atoms. The molecule has 0 N–H and O–H groups in total. The molecule has 3 heterocycles. The average Bonchev–Trinajstić information content (AvgIpc) is 3.77. The molecule has 10 aromatic rings. The third-order valence-electron chi connectivity index (χ3n) is 9.35. The van der Waals surface area contributed by atoms with E-state index in [0.717, 1.165) is 82.8 Å². The van der Waals surface area contributed by atoms with Gasteiger partial charge < -0.3 is 8.83 Å². The van der Waals surface area contributed by atoms with E-state index in [2.05, 4.69) is 78.9 Å². The molecule has 0 spiro atoms. The van der Waals surface area contributed by atoms with Crippen LogP contribution in [0.4, 0.5) is 0 Å². The monoisotopic (exact) mass is 641 g/mol. The van der Waals surface area contributed by atoms with E-state index >= 15 is 0 Å². The van der Waals surface area contributed by atoms with Crippen molar-refractivity contribution in [3.63, 3.8) is 0 Å². The van der Waals surface area contributed by atoms with Gasteiger partial charge in [-0.05, 0) is 47.0 Å². The Morgan fingerprint density at radius 2 is 0.840 bits per heavy atom. The molecule has 0 radical (unpaired) electrons. The van der Waals surface area contributed by atoms with Gasteiger partial charge >= 0.3 is 0 Å². The molecule has 7 aromatic carbocycles. The van der Waals surface area contributed by atoms with E-state index in [9.17, 15) is 0 Å². The van der Waals surface area contributed by atoms with E-state index in [1.807, 2.05) is 84.9 Å². The van der Waals surface area contributed by atoms with Gasteiger partial charge in [0.15, 0.2) is 17.5 Å². The van der Waals surface area contributed by atoms with E-state index in [4.69, 9.17) is 23.8 Å². The zero-order valence-corrected chi connectivity index (χ0v) is 26.7. The summed E-state index contributed by atoms with van der Waals surface area (Å²) in [5, 5.41) is 4.26. The minimum absolute atomic E-state index is 0.552. The van der Waals surface area contributed by atoms with Crippen LogP contribution < -0.4 is 0 Å². The smallest absolute Gasteiger partial charge is 0.167 e. The number of benzene rings is 7. The lowest BCUT2D eigenvalue weighted by Crippen LogP contribution is -2.00. The molecule has 0 saturated heterocycles. The van der Waals surface area contributed by atoms with Crippen LogP contribution >= 0.6 is 0 Å². The van der Waals surface area contributed by atoms with Crippen LogP contribution in [0.25, 0.3) is 100 Å². The van der Waals surface area contributed by atoms with E-state index in [1.165, 1.54) is 0 Å². The first-order valence-corrected chi connectivity index (χ1v) is 16.6. The number of aromatic nitrogens is 3. The Bertz CT molecular complexity index is 2870. The topological polar surface area (TPSA) is 65.0 Å². The summed E-state index contributed by atoms with van der Waals surface area (Å²) in [6.45, 7) is 0. The number of rotatable bonds is 5. The Kier molecular flexibility index (Phi) is 6.42. The van der Waals surface area contributed by atoms with E-state index in [1.54, 1.807) is 0 Å². The van der Waals surface area contributed by atoms with Crippen molar-refractivity contribution in [3.05, 3.63) is 164 Å². The summed E-state index contributed by atoms with van der Waals surface area (Å²) in [6, 6.07) is 55.7. The molecule has 50 heavy (non-hydrogen) atoms. The summed E-state index contributed by atoms with van der Waals surface area (Å²) in [5.74, 6) is 1.74. The predicted molar refractivity (Wildman–Crippen MR) is 202 cm³/mol. The largest absolute Gasteiger partial charge is 0.456 e. The molecule has 0 saturated carbocycles. The van der Waals surface area contributed by atoms with Crippen molar-refractivity contribution >= 4 is 43.9 Å². The third-order valence-corrected chi connectivity index (χ3v) is 9.35. The van der Waals surface area contributed by atoms with Crippen LogP contribution in [0.15, 0.2) is 173 Å². The molecule has 0 amide bonds. The van der Waals surface area contributed by atoms with Crippen LogP contribution in [0.1, 0.15) is 0 Å². The lowest BCUT2D eigenvalue weighted by molar-refractivity contribution is 0.669. The first-order valence-electron chi connectivity index (χ1n) is 16.6. The lowest BCUT2D eigenvalue weighted by Gasteiger charge is -2.10. The van der Waals surface area contributed by atoms with Gasteiger partial charge in [0, 0.05) is 38.2 Å². The van der Waals surface area contributed by atoms with Crippen LogP contribution in [-0.4, -0.2) is 15.0 Å². The Hall–Kier alpha value is -6.85. The maximum atomic E-state index is 6.74. The van der Waals surface area contributed by atoms with Crippen molar-refractivity contribution in [1.82, 2.24) is 15.0 Å². The minimum Gasteiger partial charge on any atom is -0.456 e. The molecule has 5 heteroatoms. The maximum Gasteiger partial charge on any atom is 0.167 e. The van der Waals surface area contributed by atoms with Crippen LogP contribution in [-0.2, 0) is 0 Å². The molecular formula is C45H27N3O2. The molecule has 3 aromatic heterocycles. The van der Waals surface area contributed by atoms with Crippen molar-refractivity contribution < 1.29 is 8.83 Å². The summed E-state index contributed by atoms with van der Waals surface area (Å²) < 4.78 is 12.8. The molecular weight excluding hydrogens is 615 g/mol. The molecule has 10 rings (SSSR count). The van der Waals surface area contributed by atoms with Crippen LogP contribution in [0.5, 0.6) is 0 Å². The first kappa shape index (κ1) is 28.2. The summed E-state index contributed by atoms with van der Waals surface area (Å²) in [5.41, 5.74) is 10.3. The van der Waals surface area contributed by atoms with Gasteiger partial charge in [0.2, 0.25) is 0 Å². The van der Waals surface area contributed by atoms with Gasteiger partial charge in [0.25, 0.3) is 0 Å². The summed E-state index contributed by atoms with van der Waals surface area (Å²) in [4.78, 5) is 15.2. The average molecular weight is 642 g/mol. The van der Waals surface area contributed by atoms with Crippen molar-refractivity contribution in [3.8, 4) is 56.4 Å². The highest BCUT2D eigenvalue weighted by Gasteiger charge is 2.19. The van der Waals surface area contributed by atoms with Crippen molar-refractivity contribution in [1.29, 1.82) is 0 Å². The summed E-state index contributed by atoms with van der Waals surface area (Å²) >= 11 is 0. The second-order valence-electron chi connectivity index (χ2n) is 12.4. The fourth-order valence-electron chi connectivity index (χ4n) is 6.93.